The number of piperazine rings is 1. The van der Waals surface area contributed by atoms with Crippen molar-refractivity contribution in [3.63, 3.8) is 0 Å². The number of nitrogens with two attached hydrogens (primary N) is 1. The molecule has 0 aromatic heterocycles. The lowest BCUT2D eigenvalue weighted by Crippen LogP contribution is -2.59. The third-order valence-electron chi connectivity index (χ3n) is 4.67. The molecule has 1 saturated heterocycles. The minimum Gasteiger partial charge on any atom is -0.369 e. The van der Waals surface area contributed by atoms with E-state index in [1.54, 1.807) is 4.90 Å². The molecule has 0 aromatic rings. The average Bonchev–Trinajstić information content (AvgIpc) is 3.19. The van der Waals surface area contributed by atoms with E-state index < -0.39 is 0 Å². The van der Waals surface area contributed by atoms with Gasteiger partial charge in [0.15, 0.2) is 0 Å². The summed E-state index contributed by atoms with van der Waals surface area (Å²) >= 11 is 3.63. The molecule has 7 heteroatoms. The monoisotopic (exact) mass is 384 g/mol. The van der Waals surface area contributed by atoms with Gasteiger partial charge < -0.3 is 20.9 Å². The average molecular weight is 385 g/mol. The highest BCUT2D eigenvalue weighted by atomic mass is 79.9. The second kappa shape index (κ2) is 5.69. The van der Waals surface area contributed by atoms with Crippen LogP contribution in [0.15, 0.2) is 10.2 Å². The summed E-state index contributed by atoms with van der Waals surface area (Å²) in [5.41, 5.74) is 6.62. The van der Waals surface area contributed by atoms with Crippen molar-refractivity contribution in [3.8, 4) is 0 Å². The summed E-state index contributed by atoms with van der Waals surface area (Å²) in [6.45, 7) is 7.85. The van der Waals surface area contributed by atoms with Crippen molar-refractivity contribution in [1.82, 2.24) is 15.1 Å². The van der Waals surface area contributed by atoms with Crippen LogP contribution >= 0.6 is 15.9 Å². The first-order valence-corrected chi connectivity index (χ1v) is 9.01. The molecule has 23 heavy (non-hydrogen) atoms. The van der Waals surface area contributed by atoms with Crippen molar-refractivity contribution in [1.29, 1.82) is 0 Å². The molecule has 2 unspecified atom stereocenters. The Morgan fingerprint density at radius 3 is 2.43 bits per heavy atom. The summed E-state index contributed by atoms with van der Waals surface area (Å²) in [6.07, 6.45) is 2.35. The zero-order chi connectivity index (χ0) is 16.9. The SMILES string of the molecule is CC(C)(C)NC(=O)N1CCN2C(C3CC3)=C(Br)C(C(N)=O)C2C1. The smallest absolute Gasteiger partial charge is 0.317 e. The maximum absolute atomic E-state index is 12.4. The van der Waals surface area contributed by atoms with Gasteiger partial charge in [-0.3, -0.25) is 4.79 Å². The highest BCUT2D eigenvalue weighted by Crippen LogP contribution is 2.49. The molecule has 3 rings (SSSR count). The van der Waals surface area contributed by atoms with Gasteiger partial charge in [-0.1, -0.05) is 15.9 Å². The van der Waals surface area contributed by atoms with E-state index in [1.165, 1.54) is 18.5 Å². The second-order valence-corrected chi connectivity index (χ2v) is 8.63. The Labute approximate surface area is 145 Å². The van der Waals surface area contributed by atoms with E-state index in [-0.39, 0.29) is 29.4 Å². The highest BCUT2D eigenvalue weighted by molar-refractivity contribution is 9.11. The Balaban J connectivity index is 1.77. The van der Waals surface area contributed by atoms with Gasteiger partial charge in [-0.2, -0.15) is 0 Å². The standard InChI is InChI=1S/C16H25BrN4O2/c1-16(2,3)19-15(23)20-6-7-21-10(8-20)11(14(18)22)12(17)13(21)9-4-5-9/h9-11H,4-8H2,1-3H3,(H2,18,22)(H,19,23). The fourth-order valence-corrected chi connectivity index (χ4v) is 4.63. The van der Waals surface area contributed by atoms with E-state index in [2.05, 4.69) is 26.1 Å². The fourth-order valence-electron chi connectivity index (χ4n) is 3.54. The van der Waals surface area contributed by atoms with Gasteiger partial charge in [-0.15, -0.1) is 0 Å². The molecule has 2 heterocycles. The van der Waals surface area contributed by atoms with Crippen molar-refractivity contribution in [2.45, 2.75) is 45.2 Å². The number of rotatable bonds is 2. The number of nitrogens with one attached hydrogen (secondary N) is 1. The van der Waals surface area contributed by atoms with Crippen LogP contribution in [-0.4, -0.2) is 53.0 Å². The Kier molecular flexibility index (Phi) is 4.11. The number of urea groups is 1. The van der Waals surface area contributed by atoms with Crippen LogP contribution in [0.3, 0.4) is 0 Å². The molecule has 128 valence electrons. The number of amides is 3. The molecular weight excluding hydrogens is 360 g/mol. The minimum atomic E-state index is -0.351. The predicted octanol–water partition coefficient (Wildman–Crippen LogP) is 1.61. The van der Waals surface area contributed by atoms with E-state index in [9.17, 15) is 9.59 Å². The molecule has 0 bridgehead atoms. The summed E-state index contributed by atoms with van der Waals surface area (Å²) in [4.78, 5) is 28.5. The molecule has 3 amide bonds. The van der Waals surface area contributed by atoms with Crippen molar-refractivity contribution in [2.24, 2.45) is 17.6 Å². The van der Waals surface area contributed by atoms with E-state index in [0.717, 1.165) is 11.0 Å². The molecule has 1 saturated carbocycles. The van der Waals surface area contributed by atoms with Gasteiger partial charge in [0, 0.05) is 35.4 Å². The summed E-state index contributed by atoms with van der Waals surface area (Å²) in [5, 5.41) is 3.00. The first kappa shape index (κ1) is 16.6. The third-order valence-corrected chi connectivity index (χ3v) is 5.57. The van der Waals surface area contributed by atoms with Crippen LogP contribution in [0.2, 0.25) is 0 Å². The van der Waals surface area contributed by atoms with Gasteiger partial charge in [-0.05, 0) is 39.5 Å². The van der Waals surface area contributed by atoms with Gasteiger partial charge in [0.05, 0.1) is 12.0 Å². The summed E-state index contributed by atoms with van der Waals surface area (Å²) in [6, 6.07) is -0.117. The lowest BCUT2D eigenvalue weighted by Gasteiger charge is -2.42. The second-order valence-electron chi connectivity index (χ2n) is 7.77. The van der Waals surface area contributed by atoms with Crippen LogP contribution in [0.1, 0.15) is 33.6 Å². The van der Waals surface area contributed by atoms with Gasteiger partial charge in [0.1, 0.15) is 0 Å². The molecule has 1 aliphatic carbocycles. The third kappa shape index (κ3) is 3.20. The highest BCUT2D eigenvalue weighted by Gasteiger charge is 2.49. The molecule has 2 atom stereocenters. The predicted molar refractivity (Wildman–Crippen MR) is 91.7 cm³/mol. The molecule has 6 nitrogen and oxygen atoms in total. The van der Waals surface area contributed by atoms with Crippen LogP contribution in [0, 0.1) is 11.8 Å². The van der Waals surface area contributed by atoms with Crippen LogP contribution in [0.4, 0.5) is 4.79 Å². The summed E-state index contributed by atoms with van der Waals surface area (Å²) in [7, 11) is 0. The topological polar surface area (TPSA) is 78.7 Å². The largest absolute Gasteiger partial charge is 0.369 e. The van der Waals surface area contributed by atoms with Crippen molar-refractivity contribution >= 4 is 27.9 Å². The number of hydrogen-bond donors (Lipinski definition) is 2. The molecule has 0 radical (unpaired) electrons. The number of fused-ring (bicyclic) bond motifs is 1. The lowest BCUT2D eigenvalue weighted by molar-refractivity contribution is -0.122. The Hall–Kier alpha value is -1.24. The zero-order valence-electron chi connectivity index (χ0n) is 13.9. The fraction of sp³-hybridized carbons (Fsp3) is 0.750. The molecule has 2 aliphatic heterocycles. The Bertz CT molecular complexity index is 565. The molecular formula is C16H25BrN4O2. The minimum absolute atomic E-state index is 0.0445. The van der Waals surface area contributed by atoms with Crippen LogP contribution < -0.4 is 11.1 Å². The van der Waals surface area contributed by atoms with E-state index >= 15 is 0 Å². The first-order valence-electron chi connectivity index (χ1n) is 8.21. The molecule has 0 spiro atoms. The van der Waals surface area contributed by atoms with Gasteiger partial charge in [0.25, 0.3) is 0 Å². The van der Waals surface area contributed by atoms with E-state index in [1.807, 2.05) is 20.8 Å². The normalized spacial score (nSPS) is 28.0. The Morgan fingerprint density at radius 1 is 1.26 bits per heavy atom. The molecule has 2 fully saturated rings. The number of nitrogens with zero attached hydrogens (tertiary/aromatic N) is 2. The zero-order valence-corrected chi connectivity index (χ0v) is 15.5. The van der Waals surface area contributed by atoms with E-state index in [4.69, 9.17) is 5.73 Å². The quantitative estimate of drug-likeness (QED) is 0.758. The van der Waals surface area contributed by atoms with Gasteiger partial charge >= 0.3 is 6.03 Å². The number of carbonyl (C=O) groups excluding carboxylic acids is 2. The molecule has 0 aromatic carbocycles. The van der Waals surface area contributed by atoms with E-state index in [0.29, 0.717) is 19.0 Å². The Morgan fingerprint density at radius 2 is 1.91 bits per heavy atom. The van der Waals surface area contributed by atoms with Crippen molar-refractivity contribution < 1.29 is 9.59 Å². The van der Waals surface area contributed by atoms with Gasteiger partial charge in [0.2, 0.25) is 5.91 Å². The van der Waals surface area contributed by atoms with Crippen LogP contribution in [0.25, 0.3) is 0 Å². The molecule has 3 N–H and O–H groups in total. The van der Waals surface area contributed by atoms with Gasteiger partial charge in [-0.25, -0.2) is 4.79 Å². The van der Waals surface area contributed by atoms with Crippen molar-refractivity contribution in [2.75, 3.05) is 19.6 Å². The number of carbonyl (C=O) groups is 2. The van der Waals surface area contributed by atoms with Crippen LogP contribution in [-0.2, 0) is 4.79 Å². The van der Waals surface area contributed by atoms with Crippen LogP contribution in [0.5, 0.6) is 0 Å². The summed E-state index contributed by atoms with van der Waals surface area (Å²) < 4.78 is 0.940. The number of primary amides is 1. The lowest BCUT2D eigenvalue weighted by atomic mass is 9.99. The maximum atomic E-state index is 12.4. The first-order chi connectivity index (χ1) is 10.7. The number of allylic oxidation sites excluding steroid dienone is 1. The van der Waals surface area contributed by atoms with Crippen molar-refractivity contribution in [3.05, 3.63) is 10.2 Å². The maximum Gasteiger partial charge on any atom is 0.317 e. The summed E-state index contributed by atoms with van der Waals surface area (Å²) in [5.74, 6) is -0.123. The number of halogens is 1. The molecule has 3 aliphatic rings. The number of hydrogen-bond acceptors (Lipinski definition) is 3.